The first-order valence-corrected chi connectivity index (χ1v) is 7.42. The molecule has 1 aromatic carbocycles. The number of rotatable bonds is 3. The fourth-order valence-corrected chi connectivity index (χ4v) is 2.96. The predicted octanol–water partition coefficient (Wildman–Crippen LogP) is 3.70. The third-order valence-electron chi connectivity index (χ3n) is 3.78. The highest BCUT2D eigenvalue weighted by Gasteiger charge is 2.24. The summed E-state index contributed by atoms with van der Waals surface area (Å²) in [5.41, 5.74) is 2.03. The third kappa shape index (κ3) is 2.38. The van der Waals surface area contributed by atoms with Crippen LogP contribution in [-0.4, -0.2) is 29.9 Å². The van der Waals surface area contributed by atoms with Gasteiger partial charge in [0.2, 0.25) is 0 Å². The number of imidazole rings is 1. The largest absolute Gasteiger partial charge is 0.497 e. The van der Waals surface area contributed by atoms with E-state index >= 15 is 0 Å². The molecule has 1 aromatic heterocycles. The lowest BCUT2D eigenvalue weighted by molar-refractivity contribution is 0.0595. The SMILES string of the molecule is COc1ccc2nc(C(C)Cl)n(C3CCCOC3)c2c1. The Balaban J connectivity index is 2.15. The van der Waals surface area contributed by atoms with Gasteiger partial charge in [0.1, 0.15) is 11.6 Å². The first-order chi connectivity index (χ1) is 9.70. The van der Waals surface area contributed by atoms with Crippen LogP contribution < -0.4 is 4.74 Å². The average molecular weight is 295 g/mol. The Hall–Kier alpha value is -1.26. The molecule has 1 saturated heterocycles. The molecule has 0 saturated carbocycles. The molecule has 3 rings (SSSR count). The number of alkyl halides is 1. The van der Waals surface area contributed by atoms with Crippen molar-refractivity contribution in [3.63, 3.8) is 0 Å². The monoisotopic (exact) mass is 294 g/mol. The van der Waals surface area contributed by atoms with Gasteiger partial charge in [-0.05, 0) is 31.9 Å². The van der Waals surface area contributed by atoms with Crippen molar-refractivity contribution in [3.8, 4) is 5.75 Å². The quantitative estimate of drug-likeness (QED) is 0.810. The normalized spacial score (nSPS) is 21.1. The Bertz CT molecular complexity index is 603. The maximum Gasteiger partial charge on any atom is 0.128 e. The number of benzene rings is 1. The summed E-state index contributed by atoms with van der Waals surface area (Å²) < 4.78 is 13.2. The summed E-state index contributed by atoms with van der Waals surface area (Å²) in [5, 5.41) is -0.129. The van der Waals surface area contributed by atoms with E-state index in [1.165, 1.54) is 0 Å². The number of hydrogen-bond acceptors (Lipinski definition) is 3. The molecule has 0 aliphatic carbocycles. The highest BCUT2D eigenvalue weighted by atomic mass is 35.5. The van der Waals surface area contributed by atoms with Gasteiger partial charge in [-0.2, -0.15) is 0 Å². The van der Waals surface area contributed by atoms with Crippen molar-refractivity contribution < 1.29 is 9.47 Å². The molecule has 1 aliphatic rings. The highest BCUT2D eigenvalue weighted by Crippen LogP contribution is 2.33. The van der Waals surface area contributed by atoms with E-state index in [4.69, 9.17) is 21.1 Å². The van der Waals surface area contributed by atoms with Crippen LogP contribution in [0.1, 0.15) is 37.0 Å². The third-order valence-corrected chi connectivity index (χ3v) is 3.98. The molecular weight excluding hydrogens is 276 g/mol. The molecule has 0 amide bonds. The molecule has 1 aliphatic heterocycles. The van der Waals surface area contributed by atoms with E-state index in [1.807, 2.05) is 25.1 Å². The Morgan fingerprint density at radius 1 is 1.50 bits per heavy atom. The van der Waals surface area contributed by atoms with Crippen LogP contribution in [0.3, 0.4) is 0 Å². The predicted molar refractivity (Wildman–Crippen MR) is 79.6 cm³/mol. The first-order valence-electron chi connectivity index (χ1n) is 6.98. The summed E-state index contributed by atoms with van der Waals surface area (Å²) in [6.45, 7) is 3.53. The summed E-state index contributed by atoms with van der Waals surface area (Å²) in [6, 6.07) is 6.24. The molecule has 4 nitrogen and oxygen atoms in total. The van der Waals surface area contributed by atoms with Gasteiger partial charge in [0.25, 0.3) is 0 Å². The van der Waals surface area contributed by atoms with E-state index in [9.17, 15) is 0 Å². The Labute approximate surface area is 123 Å². The minimum absolute atomic E-state index is 0.129. The second kappa shape index (κ2) is 5.62. The van der Waals surface area contributed by atoms with Crippen molar-refractivity contribution in [2.75, 3.05) is 20.3 Å². The Morgan fingerprint density at radius 2 is 2.35 bits per heavy atom. The van der Waals surface area contributed by atoms with Crippen LogP contribution in [0.4, 0.5) is 0 Å². The van der Waals surface area contributed by atoms with Gasteiger partial charge < -0.3 is 14.0 Å². The summed E-state index contributed by atoms with van der Waals surface area (Å²) in [6.07, 6.45) is 2.17. The van der Waals surface area contributed by atoms with Crippen molar-refractivity contribution in [2.45, 2.75) is 31.2 Å². The number of hydrogen-bond donors (Lipinski definition) is 0. The molecule has 2 unspecified atom stereocenters. The summed E-state index contributed by atoms with van der Waals surface area (Å²) in [5.74, 6) is 1.74. The first kappa shape index (κ1) is 13.7. The smallest absolute Gasteiger partial charge is 0.128 e. The molecule has 0 radical (unpaired) electrons. The lowest BCUT2D eigenvalue weighted by atomic mass is 10.1. The van der Waals surface area contributed by atoms with Crippen LogP contribution in [-0.2, 0) is 4.74 Å². The van der Waals surface area contributed by atoms with Gasteiger partial charge in [0.15, 0.2) is 0 Å². The summed E-state index contributed by atoms with van der Waals surface area (Å²) in [7, 11) is 1.68. The van der Waals surface area contributed by atoms with Gasteiger partial charge in [-0.3, -0.25) is 0 Å². The maximum absolute atomic E-state index is 6.32. The van der Waals surface area contributed by atoms with E-state index in [2.05, 4.69) is 9.55 Å². The van der Waals surface area contributed by atoms with Crippen LogP contribution >= 0.6 is 11.6 Å². The molecule has 1 fully saturated rings. The summed E-state index contributed by atoms with van der Waals surface area (Å²) in [4.78, 5) is 4.68. The fraction of sp³-hybridized carbons (Fsp3) is 0.533. The van der Waals surface area contributed by atoms with Gasteiger partial charge in [-0.15, -0.1) is 11.6 Å². The standard InChI is InChI=1S/C15H19ClN2O2/c1-10(16)15-17-13-6-5-12(19-2)8-14(13)18(15)11-4-3-7-20-9-11/h5-6,8,10-11H,3-4,7,9H2,1-2H3. The van der Waals surface area contributed by atoms with E-state index in [0.717, 1.165) is 48.7 Å². The van der Waals surface area contributed by atoms with Crippen LogP contribution in [0.25, 0.3) is 11.0 Å². The topological polar surface area (TPSA) is 36.3 Å². The maximum atomic E-state index is 6.32. The second-order valence-corrected chi connectivity index (χ2v) is 5.84. The van der Waals surface area contributed by atoms with E-state index in [-0.39, 0.29) is 5.38 Å². The molecule has 20 heavy (non-hydrogen) atoms. The van der Waals surface area contributed by atoms with Crippen molar-refractivity contribution >= 4 is 22.6 Å². The van der Waals surface area contributed by atoms with Crippen LogP contribution in [0.5, 0.6) is 5.75 Å². The van der Waals surface area contributed by atoms with Crippen LogP contribution in [0.2, 0.25) is 0 Å². The number of halogens is 1. The van der Waals surface area contributed by atoms with Gasteiger partial charge in [-0.25, -0.2) is 4.98 Å². The van der Waals surface area contributed by atoms with Gasteiger partial charge in [0.05, 0.1) is 36.2 Å². The van der Waals surface area contributed by atoms with Gasteiger partial charge >= 0.3 is 0 Å². The zero-order chi connectivity index (χ0) is 14.1. The Kier molecular flexibility index (Phi) is 3.85. The molecule has 2 heterocycles. The zero-order valence-electron chi connectivity index (χ0n) is 11.8. The molecule has 5 heteroatoms. The fourth-order valence-electron chi connectivity index (χ4n) is 2.81. The van der Waals surface area contributed by atoms with Crippen molar-refractivity contribution in [2.24, 2.45) is 0 Å². The van der Waals surface area contributed by atoms with E-state index < -0.39 is 0 Å². The van der Waals surface area contributed by atoms with E-state index in [0.29, 0.717) is 6.04 Å². The zero-order valence-corrected chi connectivity index (χ0v) is 12.6. The molecule has 2 atom stereocenters. The molecular formula is C15H19ClN2O2. The lowest BCUT2D eigenvalue weighted by Crippen LogP contribution is -2.23. The number of ether oxygens (including phenoxy) is 2. The molecule has 2 aromatic rings. The van der Waals surface area contributed by atoms with Crippen molar-refractivity contribution in [3.05, 3.63) is 24.0 Å². The Morgan fingerprint density at radius 3 is 3.00 bits per heavy atom. The van der Waals surface area contributed by atoms with Crippen LogP contribution in [0.15, 0.2) is 18.2 Å². The number of fused-ring (bicyclic) bond motifs is 1. The molecule has 0 spiro atoms. The molecule has 108 valence electrons. The highest BCUT2D eigenvalue weighted by molar-refractivity contribution is 6.20. The average Bonchev–Trinajstić information content (AvgIpc) is 2.86. The van der Waals surface area contributed by atoms with Crippen molar-refractivity contribution in [1.29, 1.82) is 0 Å². The van der Waals surface area contributed by atoms with Gasteiger partial charge in [0, 0.05) is 12.7 Å². The number of nitrogens with zero attached hydrogens (tertiary/aromatic N) is 2. The molecule has 0 bridgehead atoms. The lowest BCUT2D eigenvalue weighted by Gasteiger charge is -2.26. The van der Waals surface area contributed by atoms with Gasteiger partial charge in [-0.1, -0.05) is 0 Å². The van der Waals surface area contributed by atoms with Crippen LogP contribution in [0, 0.1) is 0 Å². The van der Waals surface area contributed by atoms with E-state index in [1.54, 1.807) is 7.11 Å². The summed E-state index contributed by atoms with van der Waals surface area (Å²) >= 11 is 6.32. The van der Waals surface area contributed by atoms with Crippen molar-refractivity contribution in [1.82, 2.24) is 9.55 Å². The number of aromatic nitrogens is 2. The second-order valence-electron chi connectivity index (χ2n) is 5.18. The minimum atomic E-state index is -0.129. The number of methoxy groups -OCH3 is 1. The molecule has 0 N–H and O–H groups in total. The minimum Gasteiger partial charge on any atom is -0.497 e.